The van der Waals surface area contributed by atoms with Crippen molar-refractivity contribution in [3.63, 3.8) is 0 Å². The molecule has 3 heteroatoms. The number of nitrogens with zero attached hydrogens (tertiary/aromatic N) is 1. The van der Waals surface area contributed by atoms with E-state index in [2.05, 4.69) is 31.0 Å². The fraction of sp³-hybridized carbons (Fsp3) is 0.889. The maximum atomic E-state index is 5.18. The van der Waals surface area contributed by atoms with Gasteiger partial charge < -0.3 is 10.2 Å². The van der Waals surface area contributed by atoms with E-state index in [-0.39, 0.29) is 0 Å². The largest absolute Gasteiger partial charge is 0.363 e. The third kappa shape index (κ3) is 3.90. The van der Waals surface area contributed by atoms with E-state index in [4.69, 9.17) is 12.2 Å². The van der Waals surface area contributed by atoms with Crippen molar-refractivity contribution in [3.05, 3.63) is 0 Å². The van der Waals surface area contributed by atoms with Crippen LogP contribution in [0.25, 0.3) is 0 Å². The highest BCUT2D eigenvalue weighted by Gasteiger charge is 2.09. The lowest BCUT2D eigenvalue weighted by atomic mass is 10.2. The standard InChI is InChI=1S/C9H20N2S/c1-5-7-8(3)11(4)9(12)10-6-2/h8H,5-7H2,1-4H3,(H,10,12). The van der Waals surface area contributed by atoms with Crippen LogP contribution in [0.3, 0.4) is 0 Å². The molecule has 0 saturated carbocycles. The van der Waals surface area contributed by atoms with Gasteiger partial charge in [0.2, 0.25) is 0 Å². The number of nitrogens with one attached hydrogen (secondary N) is 1. The Morgan fingerprint density at radius 3 is 2.50 bits per heavy atom. The molecule has 1 atom stereocenters. The molecule has 0 rings (SSSR count). The third-order valence-corrected chi connectivity index (χ3v) is 2.45. The van der Waals surface area contributed by atoms with Gasteiger partial charge in [-0.1, -0.05) is 13.3 Å². The first-order valence-electron chi connectivity index (χ1n) is 4.64. The molecule has 0 amide bonds. The summed E-state index contributed by atoms with van der Waals surface area (Å²) in [6.07, 6.45) is 2.41. The zero-order chi connectivity index (χ0) is 9.56. The number of rotatable bonds is 4. The molecule has 0 saturated heterocycles. The first-order chi connectivity index (χ1) is 5.63. The van der Waals surface area contributed by atoms with Crippen molar-refractivity contribution in [1.29, 1.82) is 0 Å². The quantitative estimate of drug-likeness (QED) is 0.679. The summed E-state index contributed by atoms with van der Waals surface area (Å²) < 4.78 is 0. The Kier molecular flexibility index (Phi) is 6.07. The van der Waals surface area contributed by atoms with Crippen LogP contribution in [0.15, 0.2) is 0 Å². The van der Waals surface area contributed by atoms with Gasteiger partial charge in [0.15, 0.2) is 5.11 Å². The van der Waals surface area contributed by atoms with Crippen LogP contribution in [0.4, 0.5) is 0 Å². The number of hydrogen-bond acceptors (Lipinski definition) is 1. The Morgan fingerprint density at radius 1 is 1.50 bits per heavy atom. The average molecular weight is 188 g/mol. The van der Waals surface area contributed by atoms with Crippen molar-refractivity contribution in [2.45, 2.75) is 39.7 Å². The number of hydrogen-bond donors (Lipinski definition) is 1. The minimum Gasteiger partial charge on any atom is -0.363 e. The summed E-state index contributed by atoms with van der Waals surface area (Å²) in [4.78, 5) is 2.13. The number of thiocarbonyl (C=S) groups is 1. The zero-order valence-electron chi connectivity index (χ0n) is 8.55. The lowest BCUT2D eigenvalue weighted by molar-refractivity contribution is 0.362. The van der Waals surface area contributed by atoms with Crippen LogP contribution >= 0.6 is 12.2 Å². The molecule has 0 radical (unpaired) electrons. The second kappa shape index (κ2) is 6.23. The van der Waals surface area contributed by atoms with Gasteiger partial charge >= 0.3 is 0 Å². The van der Waals surface area contributed by atoms with Crippen molar-refractivity contribution in [2.24, 2.45) is 0 Å². The molecule has 0 fully saturated rings. The van der Waals surface area contributed by atoms with E-state index in [1.54, 1.807) is 0 Å². The Hall–Kier alpha value is -0.310. The molecular formula is C9H20N2S. The maximum Gasteiger partial charge on any atom is 0.168 e. The minimum absolute atomic E-state index is 0.543. The first-order valence-corrected chi connectivity index (χ1v) is 5.04. The molecule has 0 aromatic carbocycles. The molecular weight excluding hydrogens is 168 g/mol. The van der Waals surface area contributed by atoms with Crippen LogP contribution in [-0.2, 0) is 0 Å². The van der Waals surface area contributed by atoms with E-state index in [9.17, 15) is 0 Å². The van der Waals surface area contributed by atoms with Gasteiger partial charge in [-0.15, -0.1) is 0 Å². The van der Waals surface area contributed by atoms with Gasteiger partial charge in [-0.3, -0.25) is 0 Å². The van der Waals surface area contributed by atoms with Crippen molar-refractivity contribution in [3.8, 4) is 0 Å². The molecule has 1 N–H and O–H groups in total. The smallest absolute Gasteiger partial charge is 0.168 e. The highest BCUT2D eigenvalue weighted by Crippen LogP contribution is 2.03. The van der Waals surface area contributed by atoms with Gasteiger partial charge in [0.05, 0.1) is 0 Å². The molecule has 2 nitrogen and oxygen atoms in total. The topological polar surface area (TPSA) is 15.3 Å². The van der Waals surface area contributed by atoms with Crippen molar-refractivity contribution in [2.75, 3.05) is 13.6 Å². The van der Waals surface area contributed by atoms with Crippen molar-refractivity contribution >= 4 is 17.3 Å². The van der Waals surface area contributed by atoms with Gasteiger partial charge in [0.1, 0.15) is 0 Å². The predicted octanol–water partition coefficient (Wildman–Crippen LogP) is 2.00. The molecule has 0 aromatic heterocycles. The van der Waals surface area contributed by atoms with E-state index in [0.29, 0.717) is 6.04 Å². The molecule has 0 heterocycles. The second-order valence-electron chi connectivity index (χ2n) is 3.08. The van der Waals surface area contributed by atoms with Crippen LogP contribution in [0.5, 0.6) is 0 Å². The third-order valence-electron chi connectivity index (χ3n) is 2.02. The molecule has 1 unspecified atom stereocenters. The average Bonchev–Trinajstić information content (AvgIpc) is 2.04. The lowest BCUT2D eigenvalue weighted by Crippen LogP contribution is -2.41. The van der Waals surface area contributed by atoms with E-state index in [1.807, 2.05) is 7.05 Å². The fourth-order valence-electron chi connectivity index (χ4n) is 1.09. The summed E-state index contributed by atoms with van der Waals surface area (Å²) in [5.41, 5.74) is 0. The molecule has 72 valence electrons. The van der Waals surface area contributed by atoms with E-state index >= 15 is 0 Å². The van der Waals surface area contributed by atoms with E-state index < -0.39 is 0 Å². The van der Waals surface area contributed by atoms with Crippen molar-refractivity contribution in [1.82, 2.24) is 10.2 Å². The van der Waals surface area contributed by atoms with Gasteiger partial charge in [-0.25, -0.2) is 0 Å². The molecule has 0 aromatic rings. The van der Waals surface area contributed by atoms with Gasteiger partial charge in [0, 0.05) is 19.6 Å². The summed E-state index contributed by atoms with van der Waals surface area (Å²) >= 11 is 5.18. The lowest BCUT2D eigenvalue weighted by Gasteiger charge is -2.27. The Balaban J connectivity index is 3.82. The summed E-state index contributed by atoms with van der Waals surface area (Å²) in [5, 5.41) is 4.00. The van der Waals surface area contributed by atoms with Crippen molar-refractivity contribution < 1.29 is 0 Å². The molecule has 0 bridgehead atoms. The predicted molar refractivity (Wildman–Crippen MR) is 58.4 cm³/mol. The van der Waals surface area contributed by atoms with Crippen LogP contribution < -0.4 is 5.32 Å². The van der Waals surface area contributed by atoms with Gasteiger partial charge in [-0.2, -0.15) is 0 Å². The summed E-state index contributed by atoms with van der Waals surface area (Å²) in [6.45, 7) is 7.36. The minimum atomic E-state index is 0.543. The van der Waals surface area contributed by atoms with E-state index in [0.717, 1.165) is 11.7 Å². The molecule has 0 aliphatic carbocycles. The van der Waals surface area contributed by atoms with Gasteiger partial charge in [0.25, 0.3) is 0 Å². The van der Waals surface area contributed by atoms with Crippen LogP contribution in [-0.4, -0.2) is 29.6 Å². The Labute approximate surface area is 81.3 Å². The van der Waals surface area contributed by atoms with Gasteiger partial charge in [-0.05, 0) is 32.5 Å². The Morgan fingerprint density at radius 2 is 2.08 bits per heavy atom. The van der Waals surface area contributed by atoms with E-state index in [1.165, 1.54) is 12.8 Å². The van der Waals surface area contributed by atoms with Crippen LogP contribution in [0.2, 0.25) is 0 Å². The summed E-state index contributed by atoms with van der Waals surface area (Å²) in [7, 11) is 2.05. The second-order valence-corrected chi connectivity index (χ2v) is 3.47. The van der Waals surface area contributed by atoms with Crippen LogP contribution in [0, 0.1) is 0 Å². The molecule has 0 aliphatic rings. The Bertz CT molecular complexity index is 136. The first kappa shape index (κ1) is 11.7. The highest BCUT2D eigenvalue weighted by atomic mass is 32.1. The zero-order valence-corrected chi connectivity index (χ0v) is 9.37. The highest BCUT2D eigenvalue weighted by molar-refractivity contribution is 7.80. The summed E-state index contributed by atoms with van der Waals surface area (Å²) in [6, 6.07) is 0.543. The molecule has 0 spiro atoms. The fourth-order valence-corrected chi connectivity index (χ4v) is 1.41. The molecule has 0 aliphatic heterocycles. The SMILES string of the molecule is CCCC(C)N(C)C(=S)NCC. The maximum absolute atomic E-state index is 5.18. The molecule has 12 heavy (non-hydrogen) atoms. The monoisotopic (exact) mass is 188 g/mol. The summed E-state index contributed by atoms with van der Waals surface area (Å²) in [5.74, 6) is 0. The normalized spacial score (nSPS) is 12.3. The van der Waals surface area contributed by atoms with Crippen LogP contribution in [0.1, 0.15) is 33.6 Å².